The van der Waals surface area contributed by atoms with Crippen molar-refractivity contribution in [3.63, 3.8) is 0 Å². The smallest absolute Gasteiger partial charge is 0.266 e. The minimum atomic E-state index is -0.131. The summed E-state index contributed by atoms with van der Waals surface area (Å²) in [6.07, 6.45) is 2.89. The van der Waals surface area contributed by atoms with E-state index in [0.29, 0.717) is 6.04 Å². The molecule has 5 nitrogen and oxygen atoms in total. The SMILES string of the molecule is CCN(CC)C1CCN(c2cn[nH]c(=O)c2)C1. The van der Waals surface area contributed by atoms with Gasteiger partial charge in [-0.2, -0.15) is 5.10 Å². The van der Waals surface area contributed by atoms with Crippen LogP contribution in [-0.2, 0) is 0 Å². The van der Waals surface area contributed by atoms with E-state index in [9.17, 15) is 4.79 Å². The van der Waals surface area contributed by atoms with Crippen molar-refractivity contribution in [1.82, 2.24) is 15.1 Å². The van der Waals surface area contributed by atoms with Crippen LogP contribution in [0.25, 0.3) is 0 Å². The summed E-state index contributed by atoms with van der Waals surface area (Å²) < 4.78 is 0. The summed E-state index contributed by atoms with van der Waals surface area (Å²) in [5, 5.41) is 6.26. The molecule has 0 bridgehead atoms. The average molecular weight is 236 g/mol. The fourth-order valence-corrected chi connectivity index (χ4v) is 2.55. The standard InChI is InChI=1S/C12H20N4O/c1-3-15(4-2)10-5-6-16(9-10)11-7-12(17)14-13-8-11/h7-8,10H,3-6,9H2,1-2H3,(H,14,17). The second kappa shape index (κ2) is 5.31. The lowest BCUT2D eigenvalue weighted by Crippen LogP contribution is -2.37. The summed E-state index contributed by atoms with van der Waals surface area (Å²) in [6.45, 7) is 8.56. The number of nitrogens with one attached hydrogen (secondary N) is 1. The van der Waals surface area contributed by atoms with Crippen LogP contribution in [-0.4, -0.2) is 47.3 Å². The van der Waals surface area contributed by atoms with Crippen LogP contribution < -0.4 is 10.5 Å². The molecule has 1 saturated heterocycles. The number of H-pyrrole nitrogens is 1. The predicted molar refractivity (Wildman–Crippen MR) is 68.4 cm³/mol. The molecule has 1 aliphatic rings. The lowest BCUT2D eigenvalue weighted by atomic mass is 10.2. The molecule has 1 fully saturated rings. The monoisotopic (exact) mass is 236 g/mol. The highest BCUT2D eigenvalue weighted by molar-refractivity contribution is 5.44. The first-order valence-corrected chi connectivity index (χ1v) is 6.28. The van der Waals surface area contributed by atoms with Gasteiger partial charge in [-0.25, -0.2) is 5.10 Å². The molecule has 17 heavy (non-hydrogen) atoms. The Balaban J connectivity index is 2.05. The first-order valence-electron chi connectivity index (χ1n) is 6.28. The van der Waals surface area contributed by atoms with Crippen LogP contribution in [0.5, 0.6) is 0 Å². The van der Waals surface area contributed by atoms with Gasteiger partial charge in [-0.3, -0.25) is 9.69 Å². The molecule has 0 aromatic carbocycles. The van der Waals surface area contributed by atoms with Gasteiger partial charge in [0.2, 0.25) is 0 Å². The Morgan fingerprint density at radius 3 is 2.94 bits per heavy atom. The Kier molecular flexibility index (Phi) is 3.78. The third-order valence-corrected chi connectivity index (χ3v) is 3.51. The fraction of sp³-hybridized carbons (Fsp3) is 0.667. The summed E-state index contributed by atoms with van der Waals surface area (Å²) in [5.74, 6) is 0. The Morgan fingerprint density at radius 2 is 2.29 bits per heavy atom. The normalized spacial score (nSPS) is 20.2. The Bertz CT molecular complexity index is 413. The predicted octanol–water partition coefficient (Wildman–Crippen LogP) is 0.690. The minimum absolute atomic E-state index is 0.131. The Morgan fingerprint density at radius 1 is 1.53 bits per heavy atom. The van der Waals surface area contributed by atoms with Crippen LogP contribution in [0.3, 0.4) is 0 Å². The molecule has 5 heteroatoms. The lowest BCUT2D eigenvalue weighted by Gasteiger charge is -2.26. The molecule has 94 valence electrons. The molecule has 0 amide bonds. The highest BCUT2D eigenvalue weighted by Crippen LogP contribution is 2.20. The van der Waals surface area contributed by atoms with Gasteiger partial charge >= 0.3 is 0 Å². The summed E-state index contributed by atoms with van der Waals surface area (Å²) >= 11 is 0. The van der Waals surface area contributed by atoms with E-state index in [-0.39, 0.29) is 5.56 Å². The number of rotatable bonds is 4. The first-order chi connectivity index (χ1) is 8.24. The number of hydrogen-bond acceptors (Lipinski definition) is 4. The molecule has 1 aromatic heterocycles. The number of nitrogens with zero attached hydrogens (tertiary/aromatic N) is 3. The van der Waals surface area contributed by atoms with Crippen LogP contribution in [0, 0.1) is 0 Å². The molecule has 1 atom stereocenters. The minimum Gasteiger partial charge on any atom is -0.368 e. The quantitative estimate of drug-likeness (QED) is 0.835. The first kappa shape index (κ1) is 12.1. The Labute approximate surface area is 101 Å². The van der Waals surface area contributed by atoms with Crippen molar-refractivity contribution in [2.24, 2.45) is 0 Å². The molecule has 0 aliphatic carbocycles. The Hall–Kier alpha value is -1.36. The second-order valence-corrected chi connectivity index (χ2v) is 4.41. The van der Waals surface area contributed by atoms with E-state index in [0.717, 1.165) is 38.3 Å². The number of hydrogen-bond donors (Lipinski definition) is 1. The van der Waals surface area contributed by atoms with Gasteiger partial charge < -0.3 is 4.90 Å². The van der Waals surface area contributed by atoms with Gasteiger partial charge in [0.05, 0.1) is 11.9 Å². The van der Waals surface area contributed by atoms with Crippen LogP contribution in [0.4, 0.5) is 5.69 Å². The van der Waals surface area contributed by atoms with Crippen molar-refractivity contribution in [2.45, 2.75) is 26.3 Å². The van der Waals surface area contributed by atoms with Crippen LogP contribution >= 0.6 is 0 Å². The van der Waals surface area contributed by atoms with E-state index in [1.54, 1.807) is 12.3 Å². The van der Waals surface area contributed by atoms with Gasteiger partial charge in [-0.05, 0) is 19.5 Å². The number of aromatic amines is 1. The second-order valence-electron chi connectivity index (χ2n) is 4.41. The van der Waals surface area contributed by atoms with E-state index >= 15 is 0 Å². The summed E-state index contributed by atoms with van der Waals surface area (Å²) in [6, 6.07) is 2.22. The van der Waals surface area contributed by atoms with Crippen molar-refractivity contribution in [1.29, 1.82) is 0 Å². The summed E-state index contributed by atoms with van der Waals surface area (Å²) in [4.78, 5) is 15.9. The molecule has 1 aromatic rings. The highest BCUT2D eigenvalue weighted by Gasteiger charge is 2.26. The highest BCUT2D eigenvalue weighted by atomic mass is 16.1. The molecular weight excluding hydrogens is 216 g/mol. The van der Waals surface area contributed by atoms with E-state index in [2.05, 4.69) is 33.8 Å². The topological polar surface area (TPSA) is 52.2 Å². The maximum absolute atomic E-state index is 11.2. The molecule has 2 heterocycles. The zero-order valence-corrected chi connectivity index (χ0v) is 10.5. The molecule has 1 unspecified atom stereocenters. The van der Waals surface area contributed by atoms with E-state index < -0.39 is 0 Å². The van der Waals surface area contributed by atoms with Crippen LogP contribution in [0.1, 0.15) is 20.3 Å². The largest absolute Gasteiger partial charge is 0.368 e. The van der Waals surface area contributed by atoms with Crippen molar-refractivity contribution in [3.05, 3.63) is 22.6 Å². The van der Waals surface area contributed by atoms with E-state index in [1.165, 1.54) is 0 Å². The lowest BCUT2D eigenvalue weighted by molar-refractivity contribution is 0.232. The molecule has 0 saturated carbocycles. The summed E-state index contributed by atoms with van der Waals surface area (Å²) in [5.41, 5.74) is 0.803. The summed E-state index contributed by atoms with van der Waals surface area (Å²) in [7, 11) is 0. The van der Waals surface area contributed by atoms with Gasteiger partial charge in [-0.15, -0.1) is 0 Å². The molecule has 0 radical (unpaired) electrons. The van der Waals surface area contributed by atoms with Gasteiger partial charge in [0.25, 0.3) is 5.56 Å². The maximum atomic E-state index is 11.2. The average Bonchev–Trinajstić information content (AvgIpc) is 2.80. The van der Waals surface area contributed by atoms with Crippen molar-refractivity contribution in [2.75, 3.05) is 31.1 Å². The zero-order valence-electron chi connectivity index (χ0n) is 10.5. The molecule has 0 spiro atoms. The van der Waals surface area contributed by atoms with Gasteiger partial charge in [0, 0.05) is 25.2 Å². The van der Waals surface area contributed by atoms with Crippen molar-refractivity contribution in [3.8, 4) is 0 Å². The fourth-order valence-electron chi connectivity index (χ4n) is 2.55. The molecular formula is C12H20N4O. The number of anilines is 1. The zero-order chi connectivity index (χ0) is 12.3. The van der Waals surface area contributed by atoms with Gasteiger partial charge in [0.1, 0.15) is 0 Å². The van der Waals surface area contributed by atoms with Crippen molar-refractivity contribution < 1.29 is 0 Å². The molecule has 1 N–H and O–H groups in total. The van der Waals surface area contributed by atoms with Crippen LogP contribution in [0.15, 0.2) is 17.1 Å². The van der Waals surface area contributed by atoms with E-state index in [4.69, 9.17) is 0 Å². The number of likely N-dealkylation sites (N-methyl/N-ethyl adjacent to an activating group) is 1. The third-order valence-electron chi connectivity index (χ3n) is 3.51. The van der Waals surface area contributed by atoms with E-state index in [1.807, 2.05) is 0 Å². The number of aromatic nitrogens is 2. The third kappa shape index (κ3) is 2.66. The van der Waals surface area contributed by atoms with Crippen LogP contribution in [0.2, 0.25) is 0 Å². The molecule has 1 aliphatic heterocycles. The van der Waals surface area contributed by atoms with Crippen molar-refractivity contribution >= 4 is 5.69 Å². The maximum Gasteiger partial charge on any atom is 0.266 e. The van der Waals surface area contributed by atoms with Gasteiger partial charge in [0.15, 0.2) is 0 Å². The van der Waals surface area contributed by atoms with Gasteiger partial charge in [-0.1, -0.05) is 13.8 Å². The molecule has 2 rings (SSSR count).